The van der Waals surface area contributed by atoms with E-state index in [4.69, 9.17) is 0 Å². The van der Waals surface area contributed by atoms with Gasteiger partial charge in [0.25, 0.3) is 0 Å². The number of nitrogens with zero attached hydrogens (tertiary/aromatic N) is 1. The zero-order chi connectivity index (χ0) is 11.5. The second-order valence-corrected chi connectivity index (χ2v) is 3.75. The molecule has 0 aliphatic carbocycles. The molecule has 4 heteroatoms. The average molecular weight is 219 g/mol. The Bertz CT molecular complexity index is 471. The fourth-order valence-electron chi connectivity index (χ4n) is 1.62. The van der Waals surface area contributed by atoms with Crippen LogP contribution in [0.5, 0.6) is 0 Å². The van der Waals surface area contributed by atoms with E-state index in [2.05, 4.69) is 15.5 Å². The van der Waals surface area contributed by atoms with Gasteiger partial charge in [-0.25, -0.2) is 4.39 Å². The number of aromatic amines is 1. The van der Waals surface area contributed by atoms with Crippen molar-refractivity contribution in [2.75, 3.05) is 5.32 Å². The topological polar surface area (TPSA) is 40.7 Å². The lowest BCUT2D eigenvalue weighted by molar-refractivity contribution is 0.630. The van der Waals surface area contributed by atoms with Crippen molar-refractivity contribution < 1.29 is 4.39 Å². The van der Waals surface area contributed by atoms with Crippen molar-refractivity contribution in [1.82, 2.24) is 10.2 Å². The highest BCUT2D eigenvalue weighted by atomic mass is 19.1. The third-order valence-electron chi connectivity index (χ3n) is 2.61. The van der Waals surface area contributed by atoms with Crippen LogP contribution in [0, 0.1) is 19.7 Å². The van der Waals surface area contributed by atoms with E-state index in [0.717, 1.165) is 17.0 Å². The summed E-state index contributed by atoms with van der Waals surface area (Å²) in [7, 11) is 0. The van der Waals surface area contributed by atoms with Crippen LogP contribution in [-0.2, 0) is 6.54 Å². The van der Waals surface area contributed by atoms with Crippen molar-refractivity contribution >= 4 is 5.69 Å². The van der Waals surface area contributed by atoms with Crippen LogP contribution in [0.1, 0.15) is 17.0 Å². The highest BCUT2D eigenvalue weighted by Crippen LogP contribution is 2.16. The molecule has 1 heterocycles. The smallest absolute Gasteiger partial charge is 0.146 e. The van der Waals surface area contributed by atoms with E-state index >= 15 is 0 Å². The molecule has 0 radical (unpaired) electrons. The minimum absolute atomic E-state index is 0.235. The summed E-state index contributed by atoms with van der Waals surface area (Å²) < 4.78 is 13.3. The van der Waals surface area contributed by atoms with Gasteiger partial charge in [0.2, 0.25) is 0 Å². The molecule has 0 saturated heterocycles. The second-order valence-electron chi connectivity index (χ2n) is 3.75. The zero-order valence-electron chi connectivity index (χ0n) is 9.34. The SMILES string of the molecule is Cc1n[nH]c(C)c1CNc1ccccc1F. The lowest BCUT2D eigenvalue weighted by atomic mass is 10.2. The summed E-state index contributed by atoms with van der Waals surface area (Å²) in [5.74, 6) is -0.235. The highest BCUT2D eigenvalue weighted by molar-refractivity contribution is 5.45. The van der Waals surface area contributed by atoms with Gasteiger partial charge in [-0.05, 0) is 26.0 Å². The van der Waals surface area contributed by atoms with Gasteiger partial charge in [0.15, 0.2) is 0 Å². The van der Waals surface area contributed by atoms with Crippen molar-refractivity contribution in [3.63, 3.8) is 0 Å². The number of rotatable bonds is 3. The fourth-order valence-corrected chi connectivity index (χ4v) is 1.62. The second kappa shape index (κ2) is 4.35. The van der Waals surface area contributed by atoms with Crippen LogP contribution in [0.2, 0.25) is 0 Å². The van der Waals surface area contributed by atoms with Crippen LogP contribution in [0.25, 0.3) is 0 Å². The summed E-state index contributed by atoms with van der Waals surface area (Å²) in [5.41, 5.74) is 3.56. The Morgan fingerprint density at radius 2 is 2.06 bits per heavy atom. The number of anilines is 1. The summed E-state index contributed by atoms with van der Waals surface area (Å²) in [6.45, 7) is 4.47. The quantitative estimate of drug-likeness (QED) is 0.833. The molecule has 0 unspecified atom stereocenters. The average Bonchev–Trinajstić information content (AvgIpc) is 2.58. The summed E-state index contributed by atoms with van der Waals surface area (Å²) in [4.78, 5) is 0. The standard InChI is InChI=1S/C12H14FN3/c1-8-10(9(2)16-15-8)7-14-12-6-4-3-5-11(12)13/h3-6,14H,7H2,1-2H3,(H,15,16). The Kier molecular flexibility index (Phi) is 2.90. The molecule has 0 spiro atoms. The molecule has 1 aromatic carbocycles. The fraction of sp³-hybridized carbons (Fsp3) is 0.250. The number of halogens is 1. The third kappa shape index (κ3) is 2.05. The predicted octanol–water partition coefficient (Wildman–Crippen LogP) is 2.78. The Balaban J connectivity index is 2.11. The monoisotopic (exact) mass is 219 g/mol. The van der Waals surface area contributed by atoms with E-state index < -0.39 is 0 Å². The van der Waals surface area contributed by atoms with Crippen molar-refractivity contribution in [3.8, 4) is 0 Å². The van der Waals surface area contributed by atoms with Gasteiger partial charge in [-0.2, -0.15) is 5.10 Å². The molecule has 0 saturated carbocycles. The number of aryl methyl sites for hydroxylation is 2. The number of H-pyrrole nitrogens is 1. The number of aromatic nitrogens is 2. The van der Waals surface area contributed by atoms with E-state index in [0.29, 0.717) is 12.2 Å². The summed E-state index contributed by atoms with van der Waals surface area (Å²) in [6, 6.07) is 6.65. The summed E-state index contributed by atoms with van der Waals surface area (Å²) in [5, 5.41) is 10.1. The van der Waals surface area contributed by atoms with Crippen LogP contribution in [-0.4, -0.2) is 10.2 Å². The Labute approximate surface area is 93.7 Å². The van der Waals surface area contributed by atoms with Gasteiger partial charge in [-0.1, -0.05) is 12.1 Å². The molecule has 16 heavy (non-hydrogen) atoms. The predicted molar refractivity (Wildman–Crippen MR) is 61.8 cm³/mol. The third-order valence-corrected chi connectivity index (χ3v) is 2.61. The van der Waals surface area contributed by atoms with Crippen molar-refractivity contribution in [2.45, 2.75) is 20.4 Å². The normalized spacial score (nSPS) is 10.4. The Morgan fingerprint density at radius 1 is 1.31 bits per heavy atom. The molecule has 2 N–H and O–H groups in total. The lowest BCUT2D eigenvalue weighted by Crippen LogP contribution is -2.02. The molecule has 0 aliphatic rings. The number of hydrogen-bond donors (Lipinski definition) is 2. The first-order valence-electron chi connectivity index (χ1n) is 5.17. The minimum atomic E-state index is -0.235. The highest BCUT2D eigenvalue weighted by Gasteiger charge is 2.06. The molecule has 0 amide bonds. The van der Waals surface area contributed by atoms with Gasteiger partial charge in [0.1, 0.15) is 5.82 Å². The summed E-state index contributed by atoms with van der Waals surface area (Å²) >= 11 is 0. The maximum atomic E-state index is 13.3. The van der Waals surface area contributed by atoms with Gasteiger partial charge < -0.3 is 5.32 Å². The zero-order valence-corrected chi connectivity index (χ0v) is 9.34. The van der Waals surface area contributed by atoms with Crippen LogP contribution in [0.3, 0.4) is 0 Å². The van der Waals surface area contributed by atoms with Crippen molar-refractivity contribution in [1.29, 1.82) is 0 Å². The Morgan fingerprint density at radius 3 is 2.69 bits per heavy atom. The number of nitrogens with one attached hydrogen (secondary N) is 2. The van der Waals surface area contributed by atoms with Gasteiger partial charge in [-0.15, -0.1) is 0 Å². The van der Waals surface area contributed by atoms with Crippen LogP contribution >= 0.6 is 0 Å². The summed E-state index contributed by atoms with van der Waals surface area (Å²) in [6.07, 6.45) is 0. The number of para-hydroxylation sites is 1. The molecule has 0 fully saturated rings. The van der Waals surface area contributed by atoms with E-state index in [9.17, 15) is 4.39 Å². The first-order chi connectivity index (χ1) is 7.68. The van der Waals surface area contributed by atoms with Crippen LogP contribution < -0.4 is 5.32 Å². The molecule has 2 aromatic rings. The van der Waals surface area contributed by atoms with E-state index in [-0.39, 0.29) is 5.82 Å². The van der Waals surface area contributed by atoms with Crippen molar-refractivity contribution in [3.05, 3.63) is 47.0 Å². The molecular formula is C12H14FN3. The van der Waals surface area contributed by atoms with Gasteiger partial charge >= 0.3 is 0 Å². The molecule has 3 nitrogen and oxygen atoms in total. The minimum Gasteiger partial charge on any atom is -0.378 e. The molecule has 84 valence electrons. The maximum Gasteiger partial charge on any atom is 0.146 e. The molecule has 0 atom stereocenters. The van der Waals surface area contributed by atoms with Gasteiger partial charge in [0, 0.05) is 17.8 Å². The van der Waals surface area contributed by atoms with Crippen LogP contribution in [0.15, 0.2) is 24.3 Å². The molecule has 0 bridgehead atoms. The molecule has 2 rings (SSSR count). The van der Waals surface area contributed by atoms with E-state index in [1.807, 2.05) is 13.8 Å². The molecular weight excluding hydrogens is 205 g/mol. The molecule has 0 aliphatic heterocycles. The largest absolute Gasteiger partial charge is 0.378 e. The molecule has 1 aromatic heterocycles. The maximum absolute atomic E-state index is 13.3. The number of benzene rings is 1. The van der Waals surface area contributed by atoms with Gasteiger partial charge in [-0.3, -0.25) is 5.10 Å². The lowest BCUT2D eigenvalue weighted by Gasteiger charge is -2.07. The first-order valence-corrected chi connectivity index (χ1v) is 5.17. The number of hydrogen-bond acceptors (Lipinski definition) is 2. The Hall–Kier alpha value is -1.84. The van der Waals surface area contributed by atoms with Crippen molar-refractivity contribution in [2.24, 2.45) is 0 Å². The van der Waals surface area contributed by atoms with E-state index in [1.165, 1.54) is 6.07 Å². The van der Waals surface area contributed by atoms with E-state index in [1.54, 1.807) is 18.2 Å². The van der Waals surface area contributed by atoms with Crippen LogP contribution in [0.4, 0.5) is 10.1 Å². The van der Waals surface area contributed by atoms with Gasteiger partial charge in [0.05, 0.1) is 11.4 Å². The first kappa shape index (κ1) is 10.7.